The molecule has 0 unspecified atom stereocenters. The fraction of sp³-hybridized carbons (Fsp3) is 0.316. The third-order valence-electron chi connectivity index (χ3n) is 4.10. The quantitative estimate of drug-likeness (QED) is 0.745. The van der Waals surface area contributed by atoms with Crippen molar-refractivity contribution in [3.05, 3.63) is 65.2 Å². The predicted octanol–water partition coefficient (Wildman–Crippen LogP) is 2.93. The summed E-state index contributed by atoms with van der Waals surface area (Å²) in [6.07, 6.45) is 0.702. The van der Waals surface area contributed by atoms with Crippen LogP contribution in [0.2, 0.25) is 0 Å². The Morgan fingerprint density at radius 2 is 2.00 bits per heavy atom. The molecular formula is C19H22FN3O3. The normalized spacial score (nSPS) is 11.7. The molecule has 2 rings (SSSR count). The second-order valence-corrected chi connectivity index (χ2v) is 6.14. The summed E-state index contributed by atoms with van der Waals surface area (Å²) in [4.78, 5) is 28.4. The van der Waals surface area contributed by atoms with Crippen molar-refractivity contribution in [2.75, 3.05) is 13.6 Å². The van der Waals surface area contributed by atoms with E-state index in [1.165, 1.54) is 13.2 Å². The molecule has 0 aliphatic rings. The van der Waals surface area contributed by atoms with Crippen molar-refractivity contribution in [1.82, 2.24) is 15.2 Å². The van der Waals surface area contributed by atoms with Crippen LogP contribution in [-0.2, 0) is 11.3 Å². The zero-order valence-electron chi connectivity index (χ0n) is 14.8. The highest BCUT2D eigenvalue weighted by Crippen LogP contribution is 2.20. The Hall–Kier alpha value is -2.96. The monoisotopic (exact) mass is 359 g/mol. The minimum atomic E-state index is -1.05. The Morgan fingerprint density at radius 3 is 2.65 bits per heavy atom. The van der Waals surface area contributed by atoms with Crippen molar-refractivity contribution >= 4 is 12.0 Å². The summed E-state index contributed by atoms with van der Waals surface area (Å²) >= 11 is 0. The number of pyridine rings is 1. The predicted molar refractivity (Wildman–Crippen MR) is 95.2 cm³/mol. The molecule has 0 radical (unpaired) electrons. The van der Waals surface area contributed by atoms with Crippen LogP contribution in [-0.4, -0.2) is 40.6 Å². The van der Waals surface area contributed by atoms with Gasteiger partial charge in [0.15, 0.2) is 0 Å². The average molecular weight is 359 g/mol. The van der Waals surface area contributed by atoms with Crippen molar-refractivity contribution in [1.29, 1.82) is 0 Å². The number of amides is 2. The van der Waals surface area contributed by atoms with Crippen LogP contribution in [0, 0.1) is 12.9 Å². The molecule has 0 aliphatic heterocycles. The first kappa shape index (κ1) is 19.4. The molecule has 26 heavy (non-hydrogen) atoms. The zero-order chi connectivity index (χ0) is 19.1. The Kier molecular flexibility index (Phi) is 6.66. The van der Waals surface area contributed by atoms with E-state index in [4.69, 9.17) is 5.11 Å². The van der Waals surface area contributed by atoms with Crippen molar-refractivity contribution in [3.63, 3.8) is 0 Å². The Balaban J connectivity index is 2.09. The fourth-order valence-corrected chi connectivity index (χ4v) is 2.60. The van der Waals surface area contributed by atoms with Gasteiger partial charge in [0, 0.05) is 31.9 Å². The van der Waals surface area contributed by atoms with Gasteiger partial charge in [-0.3, -0.25) is 4.79 Å². The van der Waals surface area contributed by atoms with Crippen molar-refractivity contribution in [2.24, 2.45) is 0 Å². The van der Waals surface area contributed by atoms with E-state index in [1.807, 2.05) is 30.3 Å². The number of aromatic nitrogens is 1. The van der Waals surface area contributed by atoms with E-state index in [2.05, 4.69) is 10.3 Å². The van der Waals surface area contributed by atoms with E-state index in [9.17, 15) is 14.0 Å². The minimum Gasteiger partial charge on any atom is -0.465 e. The van der Waals surface area contributed by atoms with Gasteiger partial charge in [-0.25, -0.2) is 9.78 Å². The summed E-state index contributed by atoms with van der Waals surface area (Å²) in [7, 11) is 1.45. The van der Waals surface area contributed by atoms with Gasteiger partial charge in [-0.05, 0) is 30.5 Å². The van der Waals surface area contributed by atoms with Crippen LogP contribution >= 0.6 is 0 Å². The number of hydrogen-bond acceptors (Lipinski definition) is 3. The SMILES string of the molecule is Cc1cnc(F)c(CNC(=O)[C@@H](CCN(C)C(=O)O)c2ccccc2)c1. The second-order valence-electron chi connectivity index (χ2n) is 6.14. The number of carbonyl (C=O) groups excluding carboxylic acids is 1. The number of aryl methyl sites for hydroxylation is 1. The topological polar surface area (TPSA) is 82.5 Å². The summed E-state index contributed by atoms with van der Waals surface area (Å²) < 4.78 is 13.8. The lowest BCUT2D eigenvalue weighted by molar-refractivity contribution is -0.123. The summed E-state index contributed by atoms with van der Waals surface area (Å²) in [5, 5.41) is 11.7. The molecule has 0 aliphatic carbocycles. The van der Waals surface area contributed by atoms with Crippen LogP contribution in [0.3, 0.4) is 0 Å². The Labute approximate surface area is 151 Å². The van der Waals surface area contributed by atoms with Crippen molar-refractivity contribution in [2.45, 2.75) is 25.8 Å². The minimum absolute atomic E-state index is 0.0252. The molecule has 2 aromatic rings. The fourth-order valence-electron chi connectivity index (χ4n) is 2.60. The van der Waals surface area contributed by atoms with Gasteiger partial charge in [0.05, 0.1) is 5.92 Å². The maximum absolute atomic E-state index is 13.8. The Morgan fingerprint density at radius 1 is 1.31 bits per heavy atom. The van der Waals surface area contributed by atoms with Crippen molar-refractivity contribution in [3.8, 4) is 0 Å². The maximum Gasteiger partial charge on any atom is 0.407 e. The number of rotatable bonds is 7. The lowest BCUT2D eigenvalue weighted by Crippen LogP contribution is -2.33. The number of halogens is 1. The first-order valence-electron chi connectivity index (χ1n) is 8.26. The van der Waals surface area contributed by atoms with Gasteiger partial charge >= 0.3 is 6.09 Å². The van der Waals surface area contributed by atoms with E-state index < -0.39 is 18.0 Å². The van der Waals surface area contributed by atoms with E-state index in [-0.39, 0.29) is 19.0 Å². The highest BCUT2D eigenvalue weighted by atomic mass is 19.1. The molecule has 138 valence electrons. The van der Waals surface area contributed by atoms with E-state index in [0.717, 1.165) is 16.0 Å². The number of carbonyl (C=O) groups is 2. The molecule has 0 bridgehead atoms. The van der Waals surface area contributed by atoms with Crippen LogP contribution in [0.25, 0.3) is 0 Å². The first-order valence-corrected chi connectivity index (χ1v) is 8.26. The highest BCUT2D eigenvalue weighted by molar-refractivity contribution is 5.83. The summed E-state index contributed by atoms with van der Waals surface area (Å²) in [5.74, 6) is -1.42. The first-order chi connectivity index (χ1) is 12.4. The lowest BCUT2D eigenvalue weighted by Gasteiger charge is -2.20. The Bertz CT molecular complexity index is 768. The largest absolute Gasteiger partial charge is 0.465 e. The molecule has 6 nitrogen and oxygen atoms in total. The van der Waals surface area contributed by atoms with E-state index >= 15 is 0 Å². The number of nitrogens with one attached hydrogen (secondary N) is 1. The number of hydrogen-bond donors (Lipinski definition) is 2. The lowest BCUT2D eigenvalue weighted by atomic mass is 9.94. The summed E-state index contributed by atoms with van der Waals surface area (Å²) in [5.41, 5.74) is 1.90. The summed E-state index contributed by atoms with van der Waals surface area (Å²) in [6, 6.07) is 10.8. The van der Waals surface area contributed by atoms with E-state index in [1.54, 1.807) is 13.0 Å². The number of carboxylic acid groups (broad SMARTS) is 1. The van der Waals surface area contributed by atoms with Gasteiger partial charge in [0.25, 0.3) is 0 Å². The van der Waals surface area contributed by atoms with Gasteiger partial charge in [0.1, 0.15) is 0 Å². The molecule has 1 aromatic carbocycles. The second kappa shape index (κ2) is 8.94. The molecule has 1 atom stereocenters. The van der Waals surface area contributed by atoms with Crippen LogP contribution in [0.1, 0.15) is 29.0 Å². The molecule has 0 saturated carbocycles. The number of nitrogens with zero attached hydrogens (tertiary/aromatic N) is 2. The highest BCUT2D eigenvalue weighted by Gasteiger charge is 2.22. The molecular weight excluding hydrogens is 337 g/mol. The van der Waals surface area contributed by atoms with Crippen LogP contribution in [0.4, 0.5) is 9.18 Å². The molecule has 0 spiro atoms. The molecule has 1 aromatic heterocycles. The molecule has 7 heteroatoms. The zero-order valence-corrected chi connectivity index (χ0v) is 14.8. The van der Waals surface area contributed by atoms with E-state index in [0.29, 0.717) is 12.0 Å². The smallest absolute Gasteiger partial charge is 0.407 e. The van der Waals surface area contributed by atoms with Gasteiger partial charge < -0.3 is 15.3 Å². The van der Waals surface area contributed by atoms with Crippen LogP contribution in [0.5, 0.6) is 0 Å². The van der Waals surface area contributed by atoms with Crippen LogP contribution in [0.15, 0.2) is 42.6 Å². The molecule has 0 fully saturated rings. The third-order valence-corrected chi connectivity index (χ3v) is 4.10. The van der Waals surface area contributed by atoms with Gasteiger partial charge in [-0.2, -0.15) is 4.39 Å². The van der Waals surface area contributed by atoms with Gasteiger partial charge in [-0.1, -0.05) is 30.3 Å². The number of benzene rings is 1. The van der Waals surface area contributed by atoms with Crippen molar-refractivity contribution < 1.29 is 19.1 Å². The van der Waals surface area contributed by atoms with Gasteiger partial charge in [0.2, 0.25) is 11.9 Å². The maximum atomic E-state index is 13.8. The van der Waals surface area contributed by atoms with Crippen LogP contribution < -0.4 is 5.32 Å². The molecule has 0 saturated heterocycles. The van der Waals surface area contributed by atoms with Gasteiger partial charge in [-0.15, -0.1) is 0 Å². The standard InChI is InChI=1S/C19H22FN3O3/c1-13-10-15(17(20)21-11-13)12-22-18(24)16(8-9-23(2)19(25)26)14-6-4-3-5-7-14/h3-7,10-11,16H,8-9,12H2,1-2H3,(H,22,24)(H,25,26)/t16-/m0/s1. The molecule has 2 N–H and O–H groups in total. The average Bonchev–Trinajstić information content (AvgIpc) is 2.63. The summed E-state index contributed by atoms with van der Waals surface area (Å²) in [6.45, 7) is 2.03. The molecule has 1 heterocycles. The molecule has 2 amide bonds. The third kappa shape index (κ3) is 5.27.